The highest BCUT2D eigenvalue weighted by Gasteiger charge is 2.30. The van der Waals surface area contributed by atoms with Gasteiger partial charge in [-0.15, -0.1) is 11.3 Å². The number of nitrogens with one attached hydrogen (secondary N) is 1. The van der Waals surface area contributed by atoms with Crippen LogP contribution >= 0.6 is 11.3 Å². The maximum absolute atomic E-state index is 12.9. The summed E-state index contributed by atoms with van der Waals surface area (Å²) in [5.41, 5.74) is 3.59. The summed E-state index contributed by atoms with van der Waals surface area (Å²) in [4.78, 5) is 20.0. The summed E-state index contributed by atoms with van der Waals surface area (Å²) in [5.74, 6) is 0.989. The molecule has 1 atom stereocenters. The minimum absolute atomic E-state index is 0.0781. The number of aromatic nitrogens is 4. The third-order valence-electron chi connectivity index (χ3n) is 4.78. The smallest absolute Gasteiger partial charge is 0.265 e. The Morgan fingerprint density at radius 2 is 2.23 bits per heavy atom. The fourth-order valence-corrected chi connectivity index (χ4v) is 4.45. The van der Waals surface area contributed by atoms with E-state index in [0.29, 0.717) is 12.3 Å². The lowest BCUT2D eigenvalue weighted by molar-refractivity contribution is 0.0710. The molecule has 4 rings (SSSR count). The zero-order valence-corrected chi connectivity index (χ0v) is 15.9. The fourth-order valence-electron chi connectivity index (χ4n) is 3.56. The standard InChI is InChI=1S/C18H21N5O2S/c1-10-7-15(25-22-10)14-8-19-21-16(14)13-5-4-6-23(9-13)18(24)17-11(2)20-12(3)26-17/h7-8,13H,4-6,9H2,1-3H3,(H,19,21)/t13-/m0/s1. The van der Waals surface area contributed by atoms with Crippen LogP contribution in [0.25, 0.3) is 11.3 Å². The van der Waals surface area contributed by atoms with Crippen LogP contribution in [0.4, 0.5) is 0 Å². The average Bonchev–Trinajstić information content (AvgIpc) is 3.34. The Kier molecular flexibility index (Phi) is 4.36. The van der Waals surface area contributed by atoms with Gasteiger partial charge in [-0.05, 0) is 33.6 Å². The van der Waals surface area contributed by atoms with Crippen molar-refractivity contribution >= 4 is 17.2 Å². The van der Waals surface area contributed by atoms with Gasteiger partial charge in [0.2, 0.25) is 0 Å². The molecule has 0 spiro atoms. The van der Waals surface area contributed by atoms with E-state index in [1.165, 1.54) is 11.3 Å². The lowest BCUT2D eigenvalue weighted by Crippen LogP contribution is -2.39. The van der Waals surface area contributed by atoms with Gasteiger partial charge in [0.25, 0.3) is 5.91 Å². The van der Waals surface area contributed by atoms with Gasteiger partial charge >= 0.3 is 0 Å². The lowest BCUT2D eigenvalue weighted by Gasteiger charge is -2.32. The molecule has 1 N–H and O–H groups in total. The summed E-state index contributed by atoms with van der Waals surface area (Å²) in [5, 5.41) is 12.2. The molecule has 3 aromatic heterocycles. The molecule has 26 heavy (non-hydrogen) atoms. The molecule has 136 valence electrons. The van der Waals surface area contributed by atoms with E-state index in [1.807, 2.05) is 31.7 Å². The van der Waals surface area contributed by atoms with Gasteiger partial charge in [-0.3, -0.25) is 9.89 Å². The molecule has 8 heteroatoms. The Morgan fingerprint density at radius 3 is 2.92 bits per heavy atom. The molecule has 0 aliphatic carbocycles. The van der Waals surface area contributed by atoms with E-state index in [9.17, 15) is 4.79 Å². The number of aromatic amines is 1. The minimum Gasteiger partial charge on any atom is -0.356 e. The zero-order chi connectivity index (χ0) is 18.3. The van der Waals surface area contributed by atoms with Gasteiger partial charge < -0.3 is 9.42 Å². The van der Waals surface area contributed by atoms with Crippen LogP contribution < -0.4 is 0 Å². The second-order valence-corrected chi connectivity index (χ2v) is 7.97. The Labute approximate surface area is 155 Å². The molecule has 0 aromatic carbocycles. The van der Waals surface area contributed by atoms with E-state index in [1.54, 1.807) is 6.20 Å². The summed E-state index contributed by atoms with van der Waals surface area (Å²) in [7, 11) is 0. The number of thiazole rings is 1. The lowest BCUT2D eigenvalue weighted by atomic mass is 9.92. The highest BCUT2D eigenvalue weighted by atomic mass is 32.1. The highest BCUT2D eigenvalue weighted by Crippen LogP contribution is 2.34. The Morgan fingerprint density at radius 1 is 1.38 bits per heavy atom. The molecule has 0 radical (unpaired) electrons. The highest BCUT2D eigenvalue weighted by molar-refractivity contribution is 7.13. The van der Waals surface area contributed by atoms with Gasteiger partial charge in [0.05, 0.1) is 33.8 Å². The molecule has 1 aliphatic rings. The monoisotopic (exact) mass is 371 g/mol. The Bertz CT molecular complexity index is 941. The van der Waals surface area contributed by atoms with Crippen LogP contribution in [-0.4, -0.2) is 44.2 Å². The number of piperidine rings is 1. The van der Waals surface area contributed by atoms with Crippen molar-refractivity contribution in [3.63, 3.8) is 0 Å². The van der Waals surface area contributed by atoms with Crippen LogP contribution in [0.2, 0.25) is 0 Å². The van der Waals surface area contributed by atoms with E-state index in [4.69, 9.17) is 4.52 Å². The van der Waals surface area contributed by atoms with Crippen LogP contribution in [0.1, 0.15) is 50.5 Å². The number of rotatable bonds is 3. The molecule has 0 bridgehead atoms. The molecule has 7 nitrogen and oxygen atoms in total. The number of H-pyrrole nitrogens is 1. The van der Waals surface area contributed by atoms with Crippen LogP contribution in [0.5, 0.6) is 0 Å². The van der Waals surface area contributed by atoms with Gasteiger partial charge in [-0.2, -0.15) is 5.10 Å². The molecule has 1 aliphatic heterocycles. The van der Waals surface area contributed by atoms with E-state index < -0.39 is 0 Å². The van der Waals surface area contributed by atoms with Crippen molar-refractivity contribution in [3.05, 3.63) is 39.2 Å². The van der Waals surface area contributed by atoms with Crippen molar-refractivity contribution in [2.75, 3.05) is 13.1 Å². The van der Waals surface area contributed by atoms with Gasteiger partial charge in [0, 0.05) is 25.1 Å². The van der Waals surface area contributed by atoms with Gasteiger partial charge in [-0.1, -0.05) is 5.16 Å². The van der Waals surface area contributed by atoms with E-state index >= 15 is 0 Å². The third-order valence-corrected chi connectivity index (χ3v) is 5.84. The summed E-state index contributed by atoms with van der Waals surface area (Å²) >= 11 is 1.47. The van der Waals surface area contributed by atoms with Crippen molar-refractivity contribution in [2.24, 2.45) is 0 Å². The first-order valence-electron chi connectivity index (χ1n) is 8.73. The number of nitrogens with zero attached hydrogens (tertiary/aromatic N) is 4. The van der Waals surface area contributed by atoms with Crippen molar-refractivity contribution < 1.29 is 9.32 Å². The number of carbonyl (C=O) groups is 1. The topological polar surface area (TPSA) is 87.9 Å². The molecule has 3 aromatic rings. The Hall–Kier alpha value is -2.48. The largest absolute Gasteiger partial charge is 0.356 e. The first kappa shape index (κ1) is 17.0. The number of carbonyl (C=O) groups excluding carboxylic acids is 1. The second kappa shape index (κ2) is 6.68. The van der Waals surface area contributed by atoms with E-state index in [-0.39, 0.29) is 11.8 Å². The average molecular weight is 371 g/mol. The number of likely N-dealkylation sites (tertiary alicyclic amines) is 1. The van der Waals surface area contributed by atoms with Crippen LogP contribution in [-0.2, 0) is 0 Å². The predicted octanol–water partition coefficient (Wildman–Crippen LogP) is 3.47. The third kappa shape index (κ3) is 3.05. The molecule has 0 saturated carbocycles. The van der Waals surface area contributed by atoms with Crippen molar-refractivity contribution in [3.8, 4) is 11.3 Å². The molecule has 1 amide bonds. The number of hydrogen-bond donors (Lipinski definition) is 1. The molecular weight excluding hydrogens is 350 g/mol. The van der Waals surface area contributed by atoms with E-state index in [0.717, 1.165) is 51.9 Å². The van der Waals surface area contributed by atoms with Crippen molar-refractivity contribution in [1.82, 2.24) is 25.2 Å². The first-order valence-corrected chi connectivity index (χ1v) is 9.55. The molecule has 4 heterocycles. The molecule has 1 saturated heterocycles. The normalized spacial score (nSPS) is 17.7. The van der Waals surface area contributed by atoms with Crippen LogP contribution in [0.15, 0.2) is 16.8 Å². The molecule has 0 unspecified atom stereocenters. The summed E-state index contributed by atoms with van der Waals surface area (Å²) in [6.07, 6.45) is 3.74. The maximum atomic E-state index is 12.9. The number of hydrogen-bond acceptors (Lipinski definition) is 6. The minimum atomic E-state index is 0.0781. The maximum Gasteiger partial charge on any atom is 0.265 e. The van der Waals surface area contributed by atoms with Crippen LogP contribution in [0.3, 0.4) is 0 Å². The summed E-state index contributed by atoms with van der Waals surface area (Å²) in [6, 6.07) is 1.91. The van der Waals surface area contributed by atoms with Gasteiger partial charge in [0.15, 0.2) is 5.76 Å². The zero-order valence-electron chi connectivity index (χ0n) is 15.1. The molecule has 1 fully saturated rings. The first-order chi connectivity index (χ1) is 12.5. The van der Waals surface area contributed by atoms with Gasteiger partial charge in [0.1, 0.15) is 4.88 Å². The van der Waals surface area contributed by atoms with Crippen molar-refractivity contribution in [2.45, 2.75) is 39.5 Å². The second-order valence-electron chi connectivity index (χ2n) is 6.77. The fraction of sp³-hybridized carbons (Fsp3) is 0.444. The Balaban J connectivity index is 1.57. The number of amides is 1. The quantitative estimate of drug-likeness (QED) is 0.762. The van der Waals surface area contributed by atoms with Gasteiger partial charge in [-0.25, -0.2) is 4.98 Å². The summed E-state index contributed by atoms with van der Waals surface area (Å²) in [6.45, 7) is 7.17. The SMILES string of the molecule is Cc1cc(-c2cn[nH]c2[C@H]2CCCN(C(=O)c3sc(C)nc3C)C2)on1. The van der Waals surface area contributed by atoms with Crippen molar-refractivity contribution in [1.29, 1.82) is 0 Å². The number of aryl methyl sites for hydroxylation is 3. The molecular formula is C18H21N5O2S. The van der Waals surface area contributed by atoms with E-state index in [2.05, 4.69) is 20.3 Å². The summed E-state index contributed by atoms with van der Waals surface area (Å²) < 4.78 is 5.41. The predicted molar refractivity (Wildman–Crippen MR) is 98.3 cm³/mol. The van der Waals surface area contributed by atoms with Crippen LogP contribution in [0, 0.1) is 20.8 Å².